The number of carbonyl (C=O) groups is 1. The molecule has 2 N–H and O–H groups in total. The van der Waals surface area contributed by atoms with Crippen LogP contribution in [0.2, 0.25) is 10.0 Å². The first-order valence-electron chi connectivity index (χ1n) is 6.93. The molecule has 1 aromatic heterocycles. The number of halogens is 6. The van der Waals surface area contributed by atoms with Crippen LogP contribution in [-0.4, -0.2) is 16.1 Å². The molecule has 1 heterocycles. The zero-order valence-corrected chi connectivity index (χ0v) is 14.0. The lowest BCUT2D eigenvalue weighted by Crippen LogP contribution is -2.16. The number of hydrogen-bond donors (Lipinski definition) is 2. The minimum absolute atomic E-state index is 0.0406. The zero-order valence-electron chi connectivity index (χ0n) is 12.5. The number of aromatic amines is 1. The highest BCUT2D eigenvalue weighted by Gasteiger charge is 2.22. The fourth-order valence-corrected chi connectivity index (χ4v) is 2.40. The summed E-state index contributed by atoms with van der Waals surface area (Å²) in [5.41, 5.74) is -0.628. The van der Waals surface area contributed by atoms with Crippen molar-refractivity contribution in [1.82, 2.24) is 10.2 Å². The van der Waals surface area contributed by atoms with Gasteiger partial charge in [-0.05, 0) is 18.2 Å². The van der Waals surface area contributed by atoms with E-state index in [4.69, 9.17) is 23.2 Å². The maximum Gasteiger partial charge on any atom is 0.273 e. The van der Waals surface area contributed by atoms with Gasteiger partial charge in [0.1, 0.15) is 11.4 Å². The largest absolute Gasteiger partial charge is 0.316 e. The van der Waals surface area contributed by atoms with Crippen LogP contribution in [-0.2, 0) is 0 Å². The molecule has 134 valence electrons. The van der Waals surface area contributed by atoms with Crippen molar-refractivity contribution in [3.63, 3.8) is 0 Å². The summed E-state index contributed by atoms with van der Waals surface area (Å²) in [6.45, 7) is 0. The fourth-order valence-electron chi connectivity index (χ4n) is 2.11. The molecule has 2 aromatic carbocycles. The predicted octanol–water partition coefficient (Wildman–Crippen LogP) is 5.19. The average molecular weight is 404 g/mol. The molecule has 0 saturated carbocycles. The first-order valence-corrected chi connectivity index (χ1v) is 7.68. The van der Waals surface area contributed by atoms with E-state index in [1.54, 1.807) is 11.4 Å². The van der Waals surface area contributed by atoms with E-state index in [0.717, 1.165) is 0 Å². The second-order valence-corrected chi connectivity index (χ2v) is 5.91. The molecule has 0 bridgehead atoms. The summed E-state index contributed by atoms with van der Waals surface area (Å²) in [7, 11) is 0. The SMILES string of the molecule is O=C(Nc1c(F)c(F)cc(F)c1F)c1cc(-c2ccc(Cl)c(Cl)c2)n[nH]1. The summed E-state index contributed by atoms with van der Waals surface area (Å²) in [6.07, 6.45) is 0. The van der Waals surface area contributed by atoms with E-state index in [9.17, 15) is 22.4 Å². The highest BCUT2D eigenvalue weighted by molar-refractivity contribution is 6.42. The highest BCUT2D eigenvalue weighted by Crippen LogP contribution is 2.28. The summed E-state index contributed by atoms with van der Waals surface area (Å²) in [6, 6.07) is 5.92. The van der Waals surface area contributed by atoms with E-state index in [0.29, 0.717) is 16.3 Å². The van der Waals surface area contributed by atoms with Crippen molar-refractivity contribution >= 4 is 34.8 Å². The van der Waals surface area contributed by atoms with Gasteiger partial charge in [-0.25, -0.2) is 17.6 Å². The number of nitrogens with one attached hydrogen (secondary N) is 2. The Labute approximate surface area is 153 Å². The second-order valence-electron chi connectivity index (χ2n) is 5.09. The quantitative estimate of drug-likeness (QED) is 0.466. The number of carbonyl (C=O) groups excluding carboxylic acids is 1. The molecule has 0 aliphatic rings. The fraction of sp³-hybridized carbons (Fsp3) is 0. The summed E-state index contributed by atoms with van der Waals surface area (Å²) < 4.78 is 53.6. The van der Waals surface area contributed by atoms with Crippen LogP contribution < -0.4 is 5.32 Å². The molecule has 0 atom stereocenters. The summed E-state index contributed by atoms with van der Waals surface area (Å²) in [5, 5.41) is 8.59. The Hall–Kier alpha value is -2.58. The van der Waals surface area contributed by atoms with Gasteiger partial charge in [0.05, 0.1) is 15.7 Å². The van der Waals surface area contributed by atoms with E-state index < -0.39 is 34.9 Å². The molecule has 0 unspecified atom stereocenters. The predicted molar refractivity (Wildman–Crippen MR) is 88.3 cm³/mol. The maximum absolute atomic E-state index is 13.6. The van der Waals surface area contributed by atoms with Gasteiger partial charge in [-0.3, -0.25) is 9.89 Å². The number of rotatable bonds is 3. The molecule has 3 aromatic rings. The number of benzene rings is 2. The van der Waals surface area contributed by atoms with Gasteiger partial charge in [0.2, 0.25) is 0 Å². The van der Waals surface area contributed by atoms with E-state index in [2.05, 4.69) is 10.2 Å². The van der Waals surface area contributed by atoms with Crippen LogP contribution in [0, 0.1) is 23.3 Å². The van der Waals surface area contributed by atoms with Crippen molar-refractivity contribution < 1.29 is 22.4 Å². The molecule has 0 aliphatic heterocycles. The van der Waals surface area contributed by atoms with Crippen molar-refractivity contribution in [1.29, 1.82) is 0 Å². The lowest BCUT2D eigenvalue weighted by Gasteiger charge is -2.07. The number of hydrogen-bond acceptors (Lipinski definition) is 2. The molecule has 0 fully saturated rings. The molecular weight excluding hydrogens is 397 g/mol. The molecule has 0 saturated heterocycles. The Balaban J connectivity index is 1.89. The van der Waals surface area contributed by atoms with Crippen molar-refractivity contribution in [3.05, 3.63) is 69.3 Å². The van der Waals surface area contributed by atoms with Gasteiger partial charge in [0.15, 0.2) is 23.3 Å². The maximum atomic E-state index is 13.6. The average Bonchev–Trinajstić information content (AvgIpc) is 3.09. The highest BCUT2D eigenvalue weighted by atomic mass is 35.5. The van der Waals surface area contributed by atoms with Gasteiger partial charge >= 0.3 is 0 Å². The van der Waals surface area contributed by atoms with Crippen molar-refractivity contribution in [2.24, 2.45) is 0 Å². The Morgan fingerprint density at radius 3 is 2.23 bits per heavy atom. The number of nitrogens with zero attached hydrogens (tertiary/aromatic N) is 1. The normalized spacial score (nSPS) is 10.8. The van der Waals surface area contributed by atoms with Crippen LogP contribution in [0.5, 0.6) is 0 Å². The zero-order chi connectivity index (χ0) is 19.0. The van der Waals surface area contributed by atoms with Crippen molar-refractivity contribution in [3.8, 4) is 11.3 Å². The molecule has 0 spiro atoms. The first-order chi connectivity index (χ1) is 12.3. The third-order valence-corrected chi connectivity index (χ3v) is 4.13. The third kappa shape index (κ3) is 3.38. The lowest BCUT2D eigenvalue weighted by atomic mass is 10.1. The standard InChI is InChI=1S/C16H7Cl2F4N3O/c17-7-2-1-6(3-8(7)18)11-5-12(25-24-11)16(26)23-15-13(21)9(19)4-10(20)14(15)22/h1-5H,(H,23,26)(H,24,25). The minimum Gasteiger partial charge on any atom is -0.316 e. The van der Waals surface area contributed by atoms with Crippen LogP contribution in [0.4, 0.5) is 23.2 Å². The molecule has 0 aliphatic carbocycles. The third-order valence-electron chi connectivity index (χ3n) is 3.39. The second kappa shape index (κ2) is 6.97. The molecule has 0 radical (unpaired) electrons. The minimum atomic E-state index is -1.72. The van der Waals surface area contributed by atoms with Crippen molar-refractivity contribution in [2.45, 2.75) is 0 Å². The Bertz CT molecular complexity index is 997. The van der Waals surface area contributed by atoms with E-state index in [1.807, 2.05) is 0 Å². The lowest BCUT2D eigenvalue weighted by molar-refractivity contribution is 0.102. The smallest absolute Gasteiger partial charge is 0.273 e. The Kier molecular flexibility index (Phi) is 4.88. The van der Waals surface area contributed by atoms with Crippen LogP contribution in [0.15, 0.2) is 30.3 Å². The van der Waals surface area contributed by atoms with Gasteiger partial charge in [-0.15, -0.1) is 0 Å². The van der Waals surface area contributed by atoms with E-state index >= 15 is 0 Å². The molecule has 4 nitrogen and oxygen atoms in total. The van der Waals surface area contributed by atoms with Crippen LogP contribution in [0.25, 0.3) is 11.3 Å². The molecular formula is C16H7Cl2F4N3O. The van der Waals surface area contributed by atoms with Gasteiger partial charge < -0.3 is 5.32 Å². The number of amides is 1. The molecule has 26 heavy (non-hydrogen) atoms. The molecule has 3 rings (SSSR count). The first kappa shape index (κ1) is 18.2. The number of anilines is 1. The van der Waals surface area contributed by atoms with E-state index in [1.165, 1.54) is 18.2 Å². The molecule has 10 heteroatoms. The van der Waals surface area contributed by atoms with Crippen molar-refractivity contribution in [2.75, 3.05) is 5.32 Å². The van der Waals surface area contributed by atoms with Crippen LogP contribution >= 0.6 is 23.2 Å². The van der Waals surface area contributed by atoms with Gasteiger partial charge in [-0.2, -0.15) is 5.10 Å². The van der Waals surface area contributed by atoms with Gasteiger partial charge in [-0.1, -0.05) is 29.3 Å². The van der Waals surface area contributed by atoms with Gasteiger partial charge in [0, 0.05) is 11.6 Å². The van der Waals surface area contributed by atoms with Gasteiger partial charge in [0.25, 0.3) is 5.91 Å². The topological polar surface area (TPSA) is 57.8 Å². The molecule has 1 amide bonds. The summed E-state index contributed by atoms with van der Waals surface area (Å²) >= 11 is 11.7. The van der Waals surface area contributed by atoms with Crippen LogP contribution in [0.1, 0.15) is 10.5 Å². The van der Waals surface area contributed by atoms with E-state index in [-0.39, 0.29) is 16.8 Å². The Morgan fingerprint density at radius 2 is 1.62 bits per heavy atom. The number of H-pyrrole nitrogens is 1. The Morgan fingerprint density at radius 1 is 0.962 bits per heavy atom. The monoisotopic (exact) mass is 403 g/mol. The number of aromatic nitrogens is 2. The summed E-state index contributed by atoms with van der Waals surface area (Å²) in [4.78, 5) is 12.1. The van der Waals surface area contributed by atoms with Crippen LogP contribution in [0.3, 0.4) is 0 Å². The summed E-state index contributed by atoms with van der Waals surface area (Å²) in [5.74, 6) is -7.77.